The van der Waals surface area contributed by atoms with Gasteiger partial charge in [-0.05, 0) is 65.9 Å². The SMILES string of the molecule is COc1ccc(Nc2nc(NCc3cccc(OC)c3)nc(NC3Cc4ccccc4C3)n2)cc1. The Hall–Kier alpha value is -4.33. The summed E-state index contributed by atoms with van der Waals surface area (Å²) in [5.74, 6) is 3.06. The van der Waals surface area contributed by atoms with Crippen LogP contribution in [0, 0.1) is 0 Å². The molecule has 1 aliphatic rings. The minimum atomic E-state index is 0.231. The number of benzene rings is 3. The van der Waals surface area contributed by atoms with Gasteiger partial charge in [-0.25, -0.2) is 0 Å². The van der Waals surface area contributed by atoms with E-state index in [0.29, 0.717) is 24.4 Å². The Labute approximate surface area is 204 Å². The standard InChI is InChI=1S/C27H28N6O2/c1-34-23-12-10-21(11-13-23)29-26-31-25(28-17-18-6-5-9-24(14-18)35-2)32-27(33-26)30-22-15-19-7-3-4-8-20(19)16-22/h3-14,22H,15-17H2,1-2H3,(H3,28,29,30,31,32,33). The zero-order chi connectivity index (χ0) is 24.0. The van der Waals surface area contributed by atoms with Gasteiger partial charge >= 0.3 is 0 Å². The van der Waals surface area contributed by atoms with E-state index in [0.717, 1.165) is 35.6 Å². The molecule has 0 aliphatic heterocycles. The van der Waals surface area contributed by atoms with Gasteiger partial charge in [0.15, 0.2) is 0 Å². The van der Waals surface area contributed by atoms with Crippen molar-refractivity contribution in [1.29, 1.82) is 0 Å². The molecule has 3 aromatic carbocycles. The number of aromatic nitrogens is 3. The summed E-state index contributed by atoms with van der Waals surface area (Å²) < 4.78 is 10.6. The molecule has 0 fully saturated rings. The van der Waals surface area contributed by atoms with Crippen LogP contribution in [0.3, 0.4) is 0 Å². The topological polar surface area (TPSA) is 93.2 Å². The molecule has 5 rings (SSSR count). The van der Waals surface area contributed by atoms with Crippen molar-refractivity contribution < 1.29 is 9.47 Å². The van der Waals surface area contributed by atoms with Gasteiger partial charge in [-0.1, -0.05) is 36.4 Å². The molecular weight excluding hydrogens is 440 g/mol. The van der Waals surface area contributed by atoms with Gasteiger partial charge in [0.25, 0.3) is 0 Å². The van der Waals surface area contributed by atoms with Crippen molar-refractivity contribution in [3.63, 3.8) is 0 Å². The maximum atomic E-state index is 5.33. The fourth-order valence-corrected chi connectivity index (χ4v) is 4.19. The largest absolute Gasteiger partial charge is 0.497 e. The van der Waals surface area contributed by atoms with Crippen molar-refractivity contribution in [2.24, 2.45) is 0 Å². The molecule has 0 spiro atoms. The molecule has 1 heterocycles. The minimum absolute atomic E-state index is 0.231. The van der Waals surface area contributed by atoms with Crippen LogP contribution in [0.5, 0.6) is 11.5 Å². The quantitative estimate of drug-likeness (QED) is 0.322. The highest BCUT2D eigenvalue weighted by Gasteiger charge is 2.22. The second-order valence-electron chi connectivity index (χ2n) is 8.38. The van der Waals surface area contributed by atoms with Crippen molar-refractivity contribution in [1.82, 2.24) is 15.0 Å². The average Bonchev–Trinajstić information content (AvgIpc) is 3.30. The van der Waals surface area contributed by atoms with E-state index in [2.05, 4.69) is 55.2 Å². The van der Waals surface area contributed by atoms with E-state index in [1.165, 1.54) is 11.1 Å². The van der Waals surface area contributed by atoms with Gasteiger partial charge in [0.2, 0.25) is 17.8 Å². The van der Waals surface area contributed by atoms with E-state index in [1.54, 1.807) is 14.2 Å². The van der Waals surface area contributed by atoms with Crippen LogP contribution in [0.25, 0.3) is 0 Å². The summed E-state index contributed by atoms with van der Waals surface area (Å²) in [6.45, 7) is 0.553. The predicted octanol–water partition coefficient (Wildman–Crippen LogP) is 4.82. The first-order valence-corrected chi connectivity index (χ1v) is 11.6. The maximum absolute atomic E-state index is 5.33. The van der Waals surface area contributed by atoms with E-state index in [1.807, 2.05) is 48.5 Å². The maximum Gasteiger partial charge on any atom is 0.233 e. The zero-order valence-corrected chi connectivity index (χ0v) is 19.8. The lowest BCUT2D eigenvalue weighted by Crippen LogP contribution is -2.22. The molecule has 0 bridgehead atoms. The Balaban J connectivity index is 1.36. The van der Waals surface area contributed by atoms with Gasteiger partial charge < -0.3 is 25.4 Å². The first-order chi connectivity index (χ1) is 17.2. The number of nitrogens with one attached hydrogen (secondary N) is 3. The molecule has 0 unspecified atom stereocenters. The molecule has 0 atom stereocenters. The second-order valence-corrected chi connectivity index (χ2v) is 8.38. The summed E-state index contributed by atoms with van der Waals surface area (Å²) in [5.41, 5.74) is 4.66. The third kappa shape index (κ3) is 5.60. The minimum Gasteiger partial charge on any atom is -0.497 e. The number of ether oxygens (including phenoxy) is 2. The smallest absolute Gasteiger partial charge is 0.233 e. The Kier molecular flexibility index (Phi) is 6.61. The lowest BCUT2D eigenvalue weighted by atomic mass is 10.1. The summed E-state index contributed by atoms with van der Waals surface area (Å²) in [5, 5.41) is 10.1. The highest BCUT2D eigenvalue weighted by molar-refractivity contribution is 5.57. The van der Waals surface area contributed by atoms with E-state index in [9.17, 15) is 0 Å². The van der Waals surface area contributed by atoms with Crippen LogP contribution in [0.4, 0.5) is 23.5 Å². The highest BCUT2D eigenvalue weighted by Crippen LogP contribution is 2.25. The van der Waals surface area contributed by atoms with Gasteiger partial charge in [0.05, 0.1) is 14.2 Å². The highest BCUT2D eigenvalue weighted by atomic mass is 16.5. The van der Waals surface area contributed by atoms with Crippen LogP contribution in [0.15, 0.2) is 72.8 Å². The first kappa shape index (κ1) is 22.5. The van der Waals surface area contributed by atoms with Crippen molar-refractivity contribution >= 4 is 23.5 Å². The fourth-order valence-electron chi connectivity index (χ4n) is 4.19. The molecule has 8 heteroatoms. The van der Waals surface area contributed by atoms with E-state index < -0.39 is 0 Å². The summed E-state index contributed by atoms with van der Waals surface area (Å²) in [7, 11) is 3.31. The molecule has 8 nitrogen and oxygen atoms in total. The molecular formula is C27H28N6O2. The van der Waals surface area contributed by atoms with Crippen LogP contribution in [0.2, 0.25) is 0 Å². The lowest BCUT2D eigenvalue weighted by Gasteiger charge is -2.15. The summed E-state index contributed by atoms with van der Waals surface area (Å²) in [6, 6.07) is 24.3. The first-order valence-electron chi connectivity index (χ1n) is 11.6. The van der Waals surface area contributed by atoms with Crippen molar-refractivity contribution in [2.75, 3.05) is 30.2 Å². The summed E-state index contributed by atoms with van der Waals surface area (Å²) in [4.78, 5) is 13.9. The third-order valence-corrected chi connectivity index (χ3v) is 5.95. The number of nitrogens with zero attached hydrogens (tertiary/aromatic N) is 3. The van der Waals surface area contributed by atoms with Crippen LogP contribution >= 0.6 is 0 Å². The number of methoxy groups -OCH3 is 2. The second kappa shape index (κ2) is 10.3. The Morgan fingerprint density at radius 3 is 2.14 bits per heavy atom. The normalized spacial score (nSPS) is 12.6. The molecule has 4 aromatic rings. The van der Waals surface area contributed by atoms with E-state index in [4.69, 9.17) is 9.47 Å². The van der Waals surface area contributed by atoms with Gasteiger partial charge in [0, 0.05) is 18.3 Å². The monoisotopic (exact) mass is 468 g/mol. The van der Waals surface area contributed by atoms with E-state index in [-0.39, 0.29) is 6.04 Å². The molecule has 0 saturated carbocycles. The molecule has 0 amide bonds. The number of anilines is 4. The molecule has 0 saturated heterocycles. The van der Waals surface area contributed by atoms with Gasteiger partial charge in [-0.2, -0.15) is 15.0 Å². The Bertz CT molecular complexity index is 1270. The van der Waals surface area contributed by atoms with Crippen molar-refractivity contribution in [3.05, 3.63) is 89.5 Å². The Morgan fingerprint density at radius 1 is 0.743 bits per heavy atom. The van der Waals surface area contributed by atoms with Gasteiger partial charge in [-0.3, -0.25) is 0 Å². The summed E-state index contributed by atoms with van der Waals surface area (Å²) >= 11 is 0. The van der Waals surface area contributed by atoms with Crippen LogP contribution in [-0.2, 0) is 19.4 Å². The molecule has 1 aliphatic carbocycles. The van der Waals surface area contributed by atoms with E-state index >= 15 is 0 Å². The van der Waals surface area contributed by atoms with Gasteiger partial charge in [0.1, 0.15) is 11.5 Å². The molecule has 0 radical (unpaired) electrons. The average molecular weight is 469 g/mol. The number of rotatable bonds is 9. The zero-order valence-electron chi connectivity index (χ0n) is 19.8. The Morgan fingerprint density at radius 2 is 1.43 bits per heavy atom. The molecule has 35 heavy (non-hydrogen) atoms. The van der Waals surface area contributed by atoms with Crippen LogP contribution in [-0.4, -0.2) is 35.2 Å². The van der Waals surface area contributed by atoms with Gasteiger partial charge in [-0.15, -0.1) is 0 Å². The molecule has 178 valence electrons. The van der Waals surface area contributed by atoms with Crippen molar-refractivity contribution in [3.8, 4) is 11.5 Å². The summed E-state index contributed by atoms with van der Waals surface area (Å²) in [6.07, 6.45) is 1.88. The number of fused-ring (bicyclic) bond motifs is 1. The van der Waals surface area contributed by atoms with Crippen LogP contribution < -0.4 is 25.4 Å². The van der Waals surface area contributed by atoms with Crippen molar-refractivity contribution in [2.45, 2.75) is 25.4 Å². The fraction of sp³-hybridized carbons (Fsp3) is 0.222. The molecule has 3 N–H and O–H groups in total. The number of hydrogen-bond donors (Lipinski definition) is 3. The number of hydrogen-bond acceptors (Lipinski definition) is 8. The lowest BCUT2D eigenvalue weighted by molar-refractivity contribution is 0.414. The predicted molar refractivity (Wildman–Crippen MR) is 138 cm³/mol. The molecule has 1 aromatic heterocycles. The third-order valence-electron chi connectivity index (χ3n) is 5.95. The van der Waals surface area contributed by atoms with Crippen LogP contribution in [0.1, 0.15) is 16.7 Å².